The van der Waals surface area contributed by atoms with E-state index in [0.29, 0.717) is 45.9 Å². The number of H-pyrrole nitrogens is 1. The summed E-state index contributed by atoms with van der Waals surface area (Å²) in [6, 6.07) is 31.1. The Bertz CT molecular complexity index is 2470. The number of sulfone groups is 1. The summed E-state index contributed by atoms with van der Waals surface area (Å²) in [5.41, 5.74) is 5.18. The van der Waals surface area contributed by atoms with Gasteiger partial charge in [0.1, 0.15) is 51.7 Å². The number of benzene rings is 4. The Morgan fingerprint density at radius 2 is 1.83 bits per heavy atom. The number of para-hydroxylation sites is 1. The van der Waals surface area contributed by atoms with Gasteiger partial charge < -0.3 is 19.5 Å². The summed E-state index contributed by atoms with van der Waals surface area (Å²) in [7, 11) is -3.34. The highest BCUT2D eigenvalue weighted by atomic mass is 35.5. The maximum Gasteiger partial charge on any atom is 0.149 e. The molecule has 3 heterocycles. The van der Waals surface area contributed by atoms with Crippen LogP contribution in [0.3, 0.4) is 0 Å². The molecule has 0 amide bonds. The van der Waals surface area contributed by atoms with Crippen LogP contribution in [0.2, 0.25) is 5.02 Å². The lowest BCUT2D eigenvalue weighted by Crippen LogP contribution is -2.35. The van der Waals surface area contributed by atoms with Crippen LogP contribution in [0.4, 0.5) is 15.9 Å². The number of ether oxygens (including phenoxy) is 1. The molecule has 0 aliphatic carbocycles. The molecule has 0 unspecified atom stereocenters. The third-order valence-electron chi connectivity index (χ3n) is 9.24. The van der Waals surface area contributed by atoms with Gasteiger partial charge in [0.25, 0.3) is 0 Å². The number of hydrogen-bond donors (Lipinski definition) is 2. The zero-order valence-corrected chi connectivity index (χ0v) is 31.6. The lowest BCUT2D eigenvalue weighted by atomic mass is 10.1. The van der Waals surface area contributed by atoms with Crippen LogP contribution in [0.1, 0.15) is 42.8 Å². The van der Waals surface area contributed by atoms with Crippen molar-refractivity contribution in [2.45, 2.75) is 38.8 Å². The molecule has 0 fully saturated rings. The first-order valence-electron chi connectivity index (χ1n) is 17.9. The van der Waals surface area contributed by atoms with Crippen molar-refractivity contribution in [1.82, 2.24) is 19.9 Å². The molecule has 1 atom stereocenters. The van der Waals surface area contributed by atoms with Crippen molar-refractivity contribution in [3.63, 3.8) is 0 Å². The minimum absolute atomic E-state index is 0.0524. The number of rotatable bonds is 16. The maximum absolute atomic E-state index is 13.6. The number of furan rings is 1. The zero-order chi connectivity index (χ0) is 37.7. The molecule has 0 radical (unpaired) electrons. The van der Waals surface area contributed by atoms with Gasteiger partial charge in [-0.25, -0.2) is 22.8 Å². The Kier molecular flexibility index (Phi) is 11.3. The van der Waals surface area contributed by atoms with Gasteiger partial charge in [-0.2, -0.15) is 0 Å². The quantitative estimate of drug-likeness (QED) is 0.100. The van der Waals surface area contributed by atoms with E-state index in [2.05, 4.69) is 50.3 Å². The number of fused-ring (bicyclic) bond motifs is 2. The number of anilines is 2. The highest BCUT2D eigenvalue weighted by molar-refractivity contribution is 7.90. The molecule has 0 bridgehead atoms. The van der Waals surface area contributed by atoms with E-state index in [0.717, 1.165) is 53.5 Å². The molecule has 0 aliphatic heterocycles. The Morgan fingerprint density at radius 3 is 2.63 bits per heavy atom. The van der Waals surface area contributed by atoms with Gasteiger partial charge in [-0.05, 0) is 116 Å². The van der Waals surface area contributed by atoms with Gasteiger partial charge in [-0.3, -0.25) is 4.90 Å². The molecule has 9 nitrogen and oxygen atoms in total. The van der Waals surface area contributed by atoms with E-state index >= 15 is 0 Å². The average molecular weight is 766 g/mol. The zero-order valence-electron chi connectivity index (χ0n) is 30.1. The van der Waals surface area contributed by atoms with E-state index in [9.17, 15) is 12.8 Å². The van der Waals surface area contributed by atoms with Crippen molar-refractivity contribution in [3.8, 4) is 17.1 Å². The minimum Gasteiger partial charge on any atom is -0.487 e. The summed E-state index contributed by atoms with van der Waals surface area (Å²) in [6.45, 7) is 3.72. The lowest BCUT2D eigenvalue weighted by Gasteiger charge is -2.29. The van der Waals surface area contributed by atoms with Crippen LogP contribution in [-0.4, -0.2) is 53.4 Å². The molecular weight excluding hydrogens is 725 g/mol. The van der Waals surface area contributed by atoms with Gasteiger partial charge in [0, 0.05) is 34.1 Å². The summed E-state index contributed by atoms with van der Waals surface area (Å²) in [5.74, 6) is 1.87. The van der Waals surface area contributed by atoms with E-state index in [1.807, 2.05) is 48.5 Å². The fourth-order valence-electron chi connectivity index (χ4n) is 6.72. The molecule has 0 saturated heterocycles. The van der Waals surface area contributed by atoms with Gasteiger partial charge in [-0.1, -0.05) is 48.9 Å². The van der Waals surface area contributed by atoms with Crippen LogP contribution in [0.15, 0.2) is 114 Å². The first-order chi connectivity index (χ1) is 26.1. The van der Waals surface area contributed by atoms with Crippen LogP contribution in [0.25, 0.3) is 33.1 Å². The number of aryl methyl sites for hydroxylation is 1. The molecule has 278 valence electrons. The molecule has 54 heavy (non-hydrogen) atoms. The Balaban J connectivity index is 1.09. The molecule has 7 aromatic rings. The second-order valence-corrected chi connectivity index (χ2v) is 16.1. The highest BCUT2D eigenvalue weighted by Crippen LogP contribution is 2.34. The van der Waals surface area contributed by atoms with Crippen molar-refractivity contribution in [1.29, 1.82) is 0 Å². The SMILES string of the molecule is CCCN(CCCc1cc2ccccc2[nH]1)[C@H](CS(C)(=O)=O)c1ccc(-c2ccc3ncnc(Nc4ccc(OCc5cccc(F)c5)c(Cl)c4)c3c2)o1. The van der Waals surface area contributed by atoms with Crippen LogP contribution < -0.4 is 10.1 Å². The largest absolute Gasteiger partial charge is 0.487 e. The fraction of sp³-hybridized carbons (Fsp3) is 0.238. The van der Waals surface area contributed by atoms with Crippen molar-refractivity contribution in [3.05, 3.63) is 137 Å². The molecular formula is C42H41ClFN5O4S. The van der Waals surface area contributed by atoms with Crippen molar-refractivity contribution < 1.29 is 22.0 Å². The van der Waals surface area contributed by atoms with Crippen LogP contribution in [-0.2, 0) is 22.9 Å². The Morgan fingerprint density at radius 1 is 0.963 bits per heavy atom. The first kappa shape index (κ1) is 37.1. The normalized spacial score (nSPS) is 12.5. The Hall–Kier alpha value is -5.23. The van der Waals surface area contributed by atoms with Crippen LogP contribution in [0, 0.1) is 5.82 Å². The van der Waals surface area contributed by atoms with Gasteiger partial charge in [0.2, 0.25) is 0 Å². The predicted octanol–water partition coefficient (Wildman–Crippen LogP) is 9.92. The van der Waals surface area contributed by atoms with Gasteiger partial charge in [-0.15, -0.1) is 0 Å². The number of aromatic amines is 1. The summed E-state index contributed by atoms with van der Waals surface area (Å²) in [6.07, 6.45) is 5.34. The topological polar surface area (TPSA) is 113 Å². The standard InChI is InChI=1S/C42H41ClFN5O4S/c1-3-19-49(20-7-11-32-22-29-9-4-5-12-36(29)47-32)38(26-54(2,50)51)41-18-17-39(53-41)30-13-15-37-34(23-30)42(46-27-45-37)48-33-14-16-40(35(43)24-33)52-25-28-8-6-10-31(44)21-28/h4-6,8-10,12-18,21-24,27,38,47H,3,7,11,19-20,25-26H2,1-2H3,(H,45,46,48)/t38-/m1/s1. The predicted molar refractivity (Wildman–Crippen MR) is 214 cm³/mol. The average Bonchev–Trinajstić information content (AvgIpc) is 3.81. The third kappa shape index (κ3) is 9.10. The van der Waals surface area contributed by atoms with E-state index in [4.69, 9.17) is 20.8 Å². The van der Waals surface area contributed by atoms with E-state index < -0.39 is 15.9 Å². The summed E-state index contributed by atoms with van der Waals surface area (Å²) < 4.78 is 51.4. The molecule has 7 rings (SSSR count). The molecule has 12 heteroatoms. The third-order valence-corrected chi connectivity index (χ3v) is 10.5. The molecule has 0 saturated carbocycles. The first-order valence-corrected chi connectivity index (χ1v) is 20.3. The fourth-order valence-corrected chi connectivity index (χ4v) is 7.91. The van der Waals surface area contributed by atoms with Crippen molar-refractivity contribution >= 4 is 54.7 Å². The minimum atomic E-state index is -3.34. The highest BCUT2D eigenvalue weighted by Gasteiger charge is 2.27. The molecule has 4 aromatic carbocycles. The summed E-state index contributed by atoms with van der Waals surface area (Å²) in [5, 5.41) is 5.67. The van der Waals surface area contributed by atoms with E-state index in [1.54, 1.807) is 24.3 Å². The number of nitrogens with one attached hydrogen (secondary N) is 2. The number of halogens is 2. The summed E-state index contributed by atoms with van der Waals surface area (Å²) >= 11 is 6.57. The van der Waals surface area contributed by atoms with Crippen molar-refractivity contribution in [2.75, 3.05) is 30.4 Å². The molecule has 3 aromatic heterocycles. The molecule has 0 spiro atoms. The number of hydrogen-bond acceptors (Lipinski definition) is 8. The van der Waals surface area contributed by atoms with Gasteiger partial charge in [0.05, 0.1) is 22.3 Å². The second-order valence-electron chi connectivity index (χ2n) is 13.5. The lowest BCUT2D eigenvalue weighted by molar-refractivity contribution is 0.188. The summed E-state index contributed by atoms with van der Waals surface area (Å²) in [4.78, 5) is 14.7. The van der Waals surface area contributed by atoms with E-state index in [1.165, 1.54) is 30.1 Å². The maximum atomic E-state index is 13.6. The van der Waals surface area contributed by atoms with Gasteiger partial charge >= 0.3 is 0 Å². The number of aromatic nitrogens is 3. The smallest absolute Gasteiger partial charge is 0.149 e. The second kappa shape index (κ2) is 16.4. The van der Waals surface area contributed by atoms with Gasteiger partial charge in [0.15, 0.2) is 0 Å². The number of nitrogens with zero attached hydrogens (tertiary/aromatic N) is 3. The van der Waals surface area contributed by atoms with Crippen LogP contribution in [0.5, 0.6) is 5.75 Å². The Labute approximate surface area is 319 Å². The molecule has 2 N–H and O–H groups in total. The van der Waals surface area contributed by atoms with Crippen molar-refractivity contribution in [2.24, 2.45) is 0 Å². The van der Waals surface area contributed by atoms with Crippen LogP contribution >= 0.6 is 11.6 Å². The monoisotopic (exact) mass is 765 g/mol. The molecule has 0 aliphatic rings. The van der Waals surface area contributed by atoms with E-state index in [-0.39, 0.29) is 18.2 Å².